The number of piperidine rings is 1. The van der Waals surface area contributed by atoms with Gasteiger partial charge in [-0.05, 0) is 61.6 Å². The summed E-state index contributed by atoms with van der Waals surface area (Å²) in [6, 6.07) is 5.26. The molecule has 3 aromatic heterocycles. The quantitative estimate of drug-likeness (QED) is 0.261. The Kier molecular flexibility index (Phi) is 9.33. The SMILES string of the molecule is O=C(Cn1c2c(c(=O)n3nc(C4=CCN(C(=O)C5CC5C(F)(F)F)CC4)nc13)C1(CCN(C(=O)c3ncccc3O)CC1)OC2)Nc1ccc(C(F)(F)F)cc1Cl. The van der Waals surface area contributed by atoms with Crippen LogP contribution < -0.4 is 10.9 Å². The van der Waals surface area contributed by atoms with Crippen molar-refractivity contribution in [3.63, 3.8) is 0 Å². The summed E-state index contributed by atoms with van der Waals surface area (Å²) >= 11 is 6.10. The van der Waals surface area contributed by atoms with E-state index >= 15 is 0 Å². The van der Waals surface area contributed by atoms with Gasteiger partial charge in [0.25, 0.3) is 11.5 Å². The minimum Gasteiger partial charge on any atom is -0.505 e. The summed E-state index contributed by atoms with van der Waals surface area (Å²) in [6.45, 7) is -0.396. The fraction of sp³-hybridized carbons (Fsp3) is 0.417. The molecule has 1 aromatic carbocycles. The van der Waals surface area contributed by atoms with E-state index in [9.17, 15) is 50.6 Å². The third-order valence-electron chi connectivity index (χ3n) is 10.8. The highest BCUT2D eigenvalue weighted by atomic mass is 35.5. The monoisotopic (exact) mass is 820 g/mol. The van der Waals surface area contributed by atoms with Crippen molar-refractivity contribution >= 4 is 46.4 Å². The van der Waals surface area contributed by atoms with Crippen LogP contribution in [0.5, 0.6) is 5.75 Å². The Hall–Kier alpha value is -5.50. The Morgan fingerprint density at radius 3 is 2.44 bits per heavy atom. The molecule has 21 heteroatoms. The summed E-state index contributed by atoms with van der Waals surface area (Å²) in [5, 5.41) is 16.8. The van der Waals surface area contributed by atoms with Crippen LogP contribution in [0.2, 0.25) is 5.02 Å². The Bertz CT molecular complexity index is 2420. The molecule has 300 valence electrons. The number of carbonyl (C=O) groups is 3. The van der Waals surface area contributed by atoms with Gasteiger partial charge in [-0.1, -0.05) is 17.7 Å². The number of pyridine rings is 1. The predicted octanol–water partition coefficient (Wildman–Crippen LogP) is 4.78. The molecule has 14 nitrogen and oxygen atoms in total. The lowest BCUT2D eigenvalue weighted by Crippen LogP contribution is -2.47. The van der Waals surface area contributed by atoms with Gasteiger partial charge in [0.05, 0.1) is 46.0 Å². The maximum Gasteiger partial charge on any atom is 0.416 e. The van der Waals surface area contributed by atoms with Crippen molar-refractivity contribution < 1.29 is 50.6 Å². The first-order valence-electron chi connectivity index (χ1n) is 17.8. The number of benzene rings is 1. The number of aromatic nitrogens is 5. The number of likely N-dealkylation sites (tertiary alicyclic amines) is 1. The van der Waals surface area contributed by atoms with Crippen molar-refractivity contribution in [1.82, 2.24) is 33.9 Å². The van der Waals surface area contributed by atoms with Crippen LogP contribution in [0, 0.1) is 11.8 Å². The van der Waals surface area contributed by atoms with Gasteiger partial charge in [-0.3, -0.25) is 19.2 Å². The summed E-state index contributed by atoms with van der Waals surface area (Å²) in [5.41, 5.74) is -2.15. The van der Waals surface area contributed by atoms with Crippen molar-refractivity contribution in [1.29, 1.82) is 0 Å². The summed E-state index contributed by atoms with van der Waals surface area (Å²) in [7, 11) is 0. The average Bonchev–Trinajstić information content (AvgIpc) is 3.75. The second kappa shape index (κ2) is 13.9. The van der Waals surface area contributed by atoms with E-state index in [0.717, 1.165) is 16.6 Å². The van der Waals surface area contributed by atoms with Gasteiger partial charge < -0.3 is 29.5 Å². The lowest BCUT2D eigenvalue weighted by Gasteiger charge is -2.38. The molecule has 0 bridgehead atoms. The van der Waals surface area contributed by atoms with Gasteiger partial charge in [-0.15, -0.1) is 5.10 Å². The van der Waals surface area contributed by atoms with Crippen molar-refractivity contribution in [2.24, 2.45) is 11.8 Å². The number of amides is 3. The standard InChI is InChI=1S/C36H31ClF6N8O6/c37-22-14-19(35(38,39)40)3-4-23(22)45-26(53)16-50-24-17-57-34(7-12-49(13-8-34)32(56)28-25(52)2-1-9-44-28)27(24)31(55)51-33(50)46-29(47-51)18-5-10-48(11-6-18)30(54)20-15-21(20)36(41,42)43/h1-5,9,14,20-21,52H,6-8,10-13,15-17H2,(H,45,53). The zero-order chi connectivity index (χ0) is 40.6. The molecule has 0 radical (unpaired) electrons. The molecular formula is C36H31ClF6N8O6. The second-order valence-corrected chi connectivity index (χ2v) is 14.7. The van der Waals surface area contributed by atoms with Gasteiger partial charge in [-0.25, -0.2) is 4.98 Å². The third-order valence-corrected chi connectivity index (χ3v) is 11.2. The molecule has 4 aliphatic rings. The average molecular weight is 821 g/mol. The number of rotatable bonds is 6. The first-order chi connectivity index (χ1) is 26.9. The fourth-order valence-electron chi connectivity index (χ4n) is 7.73. The Morgan fingerprint density at radius 1 is 1.05 bits per heavy atom. The molecule has 57 heavy (non-hydrogen) atoms. The highest BCUT2D eigenvalue weighted by molar-refractivity contribution is 6.33. The Labute approximate surface area is 322 Å². The van der Waals surface area contributed by atoms with Crippen LogP contribution in [0.25, 0.3) is 11.4 Å². The highest BCUT2D eigenvalue weighted by Gasteiger charge is 2.59. The van der Waals surface area contributed by atoms with E-state index in [4.69, 9.17) is 16.3 Å². The molecule has 3 amide bonds. The van der Waals surface area contributed by atoms with Gasteiger partial charge in [0.2, 0.25) is 17.6 Å². The number of anilines is 1. The smallest absolute Gasteiger partial charge is 0.416 e. The van der Waals surface area contributed by atoms with Crippen LogP contribution in [0.3, 0.4) is 0 Å². The van der Waals surface area contributed by atoms with Crippen molar-refractivity contribution in [3.8, 4) is 5.75 Å². The van der Waals surface area contributed by atoms with Gasteiger partial charge in [0.15, 0.2) is 11.5 Å². The first kappa shape index (κ1) is 38.4. The number of alkyl halides is 6. The molecule has 1 aliphatic carbocycles. The van der Waals surface area contributed by atoms with Crippen molar-refractivity contribution in [2.45, 2.75) is 56.8 Å². The number of carbonyl (C=O) groups excluding carboxylic acids is 3. The third kappa shape index (κ3) is 6.98. The van der Waals surface area contributed by atoms with Crippen LogP contribution in [-0.2, 0) is 39.3 Å². The van der Waals surface area contributed by atoms with E-state index < -0.39 is 65.2 Å². The largest absolute Gasteiger partial charge is 0.505 e. The van der Waals surface area contributed by atoms with E-state index in [2.05, 4.69) is 20.4 Å². The van der Waals surface area contributed by atoms with Gasteiger partial charge >= 0.3 is 12.4 Å². The van der Waals surface area contributed by atoms with Gasteiger partial charge in [0.1, 0.15) is 17.9 Å². The fourth-order valence-corrected chi connectivity index (χ4v) is 7.96. The minimum atomic E-state index is -4.67. The number of hydrogen-bond acceptors (Lipinski definition) is 9. The van der Waals surface area contributed by atoms with Crippen LogP contribution in [0.4, 0.5) is 32.0 Å². The normalized spacial score (nSPS) is 20.4. The minimum absolute atomic E-state index is 0.00965. The second-order valence-electron chi connectivity index (χ2n) is 14.3. The van der Waals surface area contributed by atoms with Crippen LogP contribution >= 0.6 is 11.6 Å². The van der Waals surface area contributed by atoms with Crippen molar-refractivity contribution in [2.75, 3.05) is 31.5 Å². The van der Waals surface area contributed by atoms with E-state index in [1.54, 1.807) is 6.08 Å². The molecule has 2 unspecified atom stereocenters. The van der Waals surface area contributed by atoms with Gasteiger partial charge in [0, 0.05) is 32.4 Å². The molecule has 8 rings (SSSR count). The predicted molar refractivity (Wildman–Crippen MR) is 187 cm³/mol. The summed E-state index contributed by atoms with van der Waals surface area (Å²) < 4.78 is 87.8. The number of halogens is 7. The number of aromatic hydroxyl groups is 1. The molecule has 1 spiro atoms. The molecule has 1 saturated carbocycles. The molecule has 4 aromatic rings. The van der Waals surface area contributed by atoms with Crippen LogP contribution in [-0.4, -0.2) is 89.1 Å². The van der Waals surface area contributed by atoms with E-state index in [1.807, 2.05) is 0 Å². The van der Waals surface area contributed by atoms with Crippen molar-refractivity contribution in [3.05, 3.63) is 86.3 Å². The maximum absolute atomic E-state index is 14.4. The lowest BCUT2D eigenvalue weighted by atomic mass is 9.85. The summed E-state index contributed by atoms with van der Waals surface area (Å²) in [5.74, 6) is -4.94. The summed E-state index contributed by atoms with van der Waals surface area (Å²) in [6.07, 6.45) is -5.97. The van der Waals surface area contributed by atoms with Crippen LogP contribution in [0.15, 0.2) is 47.4 Å². The number of ether oxygens (including phenoxy) is 1. The maximum atomic E-state index is 14.4. The van der Waals surface area contributed by atoms with E-state index in [1.165, 1.54) is 32.7 Å². The van der Waals surface area contributed by atoms with E-state index in [0.29, 0.717) is 11.6 Å². The zero-order valence-corrected chi connectivity index (χ0v) is 30.3. The lowest BCUT2D eigenvalue weighted by molar-refractivity contribution is -0.157. The first-order valence-corrected chi connectivity index (χ1v) is 18.1. The summed E-state index contributed by atoms with van der Waals surface area (Å²) in [4.78, 5) is 65.3. The molecular weight excluding hydrogens is 790 g/mol. The van der Waals surface area contributed by atoms with Crippen LogP contribution in [0.1, 0.15) is 58.8 Å². The number of nitrogens with one attached hydrogen (secondary N) is 1. The zero-order valence-electron chi connectivity index (χ0n) is 29.5. The molecule has 3 aliphatic heterocycles. The number of hydrogen-bond donors (Lipinski definition) is 2. The Morgan fingerprint density at radius 2 is 1.81 bits per heavy atom. The Balaban J connectivity index is 1.11. The molecule has 2 N–H and O–H groups in total. The number of nitrogens with zero attached hydrogens (tertiary/aromatic N) is 7. The number of fused-ring (bicyclic) bond motifs is 3. The van der Waals surface area contributed by atoms with Gasteiger partial charge in [-0.2, -0.15) is 35.8 Å². The molecule has 1 saturated heterocycles. The molecule has 6 heterocycles. The molecule has 2 fully saturated rings. The van der Waals surface area contributed by atoms with E-state index in [-0.39, 0.29) is 103 Å². The highest BCUT2D eigenvalue weighted by Crippen LogP contribution is 2.51. The molecule has 2 atom stereocenters. The topological polar surface area (TPSA) is 164 Å².